The van der Waals surface area contributed by atoms with E-state index in [4.69, 9.17) is 16.2 Å². The van der Waals surface area contributed by atoms with Crippen molar-refractivity contribution in [1.29, 1.82) is 0 Å². The van der Waals surface area contributed by atoms with Crippen molar-refractivity contribution >= 4 is 41.0 Å². The fourth-order valence-electron chi connectivity index (χ4n) is 4.90. The van der Waals surface area contributed by atoms with Crippen LogP contribution in [0, 0.1) is 0 Å². The second-order valence-corrected chi connectivity index (χ2v) is 9.96. The number of piperidine rings is 1. The first-order chi connectivity index (χ1) is 18.1. The van der Waals surface area contributed by atoms with Crippen LogP contribution in [0.2, 0.25) is 0 Å². The number of rotatable bonds is 6. The molecule has 38 heavy (non-hydrogen) atoms. The number of nitrogens with zero attached hydrogens (tertiary/aromatic N) is 3. The molecule has 0 aliphatic carbocycles. The quantitative estimate of drug-likeness (QED) is 0.388. The van der Waals surface area contributed by atoms with Crippen LogP contribution in [0.1, 0.15) is 42.6 Å². The van der Waals surface area contributed by atoms with Gasteiger partial charge in [-0.05, 0) is 49.9 Å². The molecule has 1 atom stereocenters. The van der Waals surface area contributed by atoms with Gasteiger partial charge in [0.05, 0.1) is 17.6 Å². The van der Waals surface area contributed by atoms with E-state index < -0.39 is 17.4 Å². The number of amides is 3. The van der Waals surface area contributed by atoms with Crippen molar-refractivity contribution in [1.82, 2.24) is 9.97 Å². The van der Waals surface area contributed by atoms with Crippen LogP contribution in [0.3, 0.4) is 0 Å². The molecule has 6 N–H and O–H groups in total. The minimum absolute atomic E-state index is 0.0955. The van der Waals surface area contributed by atoms with Crippen LogP contribution in [-0.4, -0.2) is 47.1 Å². The predicted molar refractivity (Wildman–Crippen MR) is 143 cm³/mol. The van der Waals surface area contributed by atoms with Crippen LogP contribution in [0.25, 0.3) is 11.1 Å². The highest BCUT2D eigenvalue weighted by atomic mass is 16.6. The first kappa shape index (κ1) is 25.0. The standard InChI is InChI=1S/C27H29N7O4/c1-27(2)20-12-16(11-18(21(20)32-24(27)36)15-7-4-3-5-8-15)31-23-19(22(28)35)13-30-26(33-23)34-10-6-9-17(14-34)38-25(29)37/h3-5,7-8,11-13,17H,6,9-10,14H2,1-2H3,(H2,28,35)(H2,29,37)(H,32,36)(H,30,31,33)/t17-/m0/s1. The lowest BCUT2D eigenvalue weighted by molar-refractivity contribution is -0.119. The summed E-state index contributed by atoms with van der Waals surface area (Å²) < 4.78 is 5.18. The third-order valence-corrected chi connectivity index (χ3v) is 6.95. The van der Waals surface area contributed by atoms with Gasteiger partial charge >= 0.3 is 6.09 Å². The molecular formula is C27H29N7O4. The van der Waals surface area contributed by atoms with Crippen LogP contribution in [-0.2, 0) is 14.9 Å². The van der Waals surface area contributed by atoms with Crippen LogP contribution >= 0.6 is 0 Å². The number of carbonyl (C=O) groups is 3. The minimum atomic E-state index is -0.828. The van der Waals surface area contributed by atoms with Crippen molar-refractivity contribution in [3.05, 3.63) is 59.8 Å². The number of hydrogen-bond donors (Lipinski definition) is 4. The number of benzene rings is 2. The Morgan fingerprint density at radius 2 is 1.95 bits per heavy atom. The van der Waals surface area contributed by atoms with Crippen molar-refractivity contribution in [2.75, 3.05) is 28.6 Å². The maximum absolute atomic E-state index is 12.8. The number of primary amides is 2. The molecule has 0 radical (unpaired) electrons. The summed E-state index contributed by atoms with van der Waals surface area (Å²) in [6, 6.07) is 13.5. The van der Waals surface area contributed by atoms with E-state index in [0.717, 1.165) is 28.8 Å². The number of anilines is 4. The molecule has 11 nitrogen and oxygen atoms in total. The summed E-state index contributed by atoms with van der Waals surface area (Å²) in [5.74, 6) is -0.192. The summed E-state index contributed by atoms with van der Waals surface area (Å²) in [7, 11) is 0. The predicted octanol–water partition coefficient (Wildman–Crippen LogP) is 3.28. The summed E-state index contributed by atoms with van der Waals surface area (Å²) in [5.41, 5.74) is 14.2. The van der Waals surface area contributed by atoms with Gasteiger partial charge in [0.15, 0.2) is 0 Å². The summed E-state index contributed by atoms with van der Waals surface area (Å²) >= 11 is 0. The van der Waals surface area contributed by atoms with Crippen LogP contribution in [0.5, 0.6) is 0 Å². The first-order valence-corrected chi connectivity index (χ1v) is 12.3. The molecule has 1 saturated heterocycles. The zero-order valence-corrected chi connectivity index (χ0v) is 21.2. The molecule has 1 fully saturated rings. The molecule has 2 aliphatic heterocycles. The van der Waals surface area contributed by atoms with E-state index in [1.165, 1.54) is 6.20 Å². The van der Waals surface area contributed by atoms with Gasteiger partial charge in [-0.3, -0.25) is 9.59 Å². The Bertz CT molecular complexity index is 1420. The number of fused-ring (bicyclic) bond motifs is 1. The van der Waals surface area contributed by atoms with Gasteiger partial charge in [0.1, 0.15) is 17.5 Å². The van der Waals surface area contributed by atoms with Gasteiger partial charge in [0, 0.05) is 24.0 Å². The van der Waals surface area contributed by atoms with E-state index in [1.807, 2.05) is 61.2 Å². The van der Waals surface area contributed by atoms with E-state index >= 15 is 0 Å². The fraction of sp³-hybridized carbons (Fsp3) is 0.296. The normalized spacial score (nSPS) is 17.9. The maximum Gasteiger partial charge on any atom is 0.404 e. The smallest absolute Gasteiger partial charge is 0.404 e. The van der Waals surface area contributed by atoms with Crippen LogP contribution in [0.4, 0.5) is 27.9 Å². The minimum Gasteiger partial charge on any atom is -0.445 e. The molecule has 3 aromatic rings. The van der Waals surface area contributed by atoms with Gasteiger partial charge in [0.2, 0.25) is 11.9 Å². The summed E-state index contributed by atoms with van der Waals surface area (Å²) in [6.45, 7) is 4.75. The van der Waals surface area contributed by atoms with Crippen molar-refractivity contribution in [3.8, 4) is 11.1 Å². The van der Waals surface area contributed by atoms with E-state index in [-0.39, 0.29) is 23.4 Å². The van der Waals surface area contributed by atoms with Gasteiger partial charge < -0.3 is 31.7 Å². The van der Waals surface area contributed by atoms with Crippen molar-refractivity contribution in [3.63, 3.8) is 0 Å². The Hall–Kier alpha value is -4.67. The molecule has 0 saturated carbocycles. The van der Waals surface area contributed by atoms with Gasteiger partial charge in [-0.2, -0.15) is 4.98 Å². The molecular weight excluding hydrogens is 486 g/mol. The summed E-state index contributed by atoms with van der Waals surface area (Å²) in [5, 5.41) is 6.27. The SMILES string of the molecule is CC1(C)C(=O)Nc2c(-c3ccccc3)cc(Nc3nc(N4CCC[C@H](OC(N)=O)C4)ncc3C(N)=O)cc21. The molecule has 3 heterocycles. The average molecular weight is 516 g/mol. The Morgan fingerprint density at radius 3 is 2.66 bits per heavy atom. The molecule has 2 aliphatic rings. The Kier molecular flexibility index (Phi) is 6.35. The Morgan fingerprint density at radius 1 is 1.18 bits per heavy atom. The molecule has 3 amide bonds. The average Bonchev–Trinajstić information content (AvgIpc) is 3.12. The zero-order valence-electron chi connectivity index (χ0n) is 21.2. The van der Waals surface area contributed by atoms with Gasteiger partial charge in [-0.25, -0.2) is 9.78 Å². The molecule has 0 unspecified atom stereocenters. The van der Waals surface area contributed by atoms with E-state index in [0.29, 0.717) is 31.1 Å². The van der Waals surface area contributed by atoms with E-state index in [2.05, 4.69) is 20.6 Å². The molecule has 0 spiro atoms. The van der Waals surface area contributed by atoms with Crippen molar-refractivity contribution < 1.29 is 19.1 Å². The molecule has 5 rings (SSSR count). The maximum atomic E-state index is 12.8. The number of nitrogens with two attached hydrogens (primary N) is 2. The highest BCUT2D eigenvalue weighted by Gasteiger charge is 2.40. The number of aromatic nitrogens is 2. The van der Waals surface area contributed by atoms with Crippen molar-refractivity contribution in [2.45, 2.75) is 38.2 Å². The first-order valence-electron chi connectivity index (χ1n) is 12.3. The second kappa shape index (κ2) is 9.66. The molecule has 2 aromatic carbocycles. The number of carbonyl (C=O) groups excluding carboxylic acids is 3. The van der Waals surface area contributed by atoms with Crippen LogP contribution < -0.4 is 27.0 Å². The van der Waals surface area contributed by atoms with Gasteiger partial charge in [0.25, 0.3) is 5.91 Å². The van der Waals surface area contributed by atoms with E-state index in [9.17, 15) is 14.4 Å². The van der Waals surface area contributed by atoms with E-state index in [1.54, 1.807) is 0 Å². The lowest BCUT2D eigenvalue weighted by atomic mass is 9.84. The highest BCUT2D eigenvalue weighted by Crippen LogP contribution is 2.45. The monoisotopic (exact) mass is 515 g/mol. The summed E-state index contributed by atoms with van der Waals surface area (Å²) in [4.78, 5) is 47.1. The highest BCUT2D eigenvalue weighted by molar-refractivity contribution is 6.10. The number of ether oxygens (including phenoxy) is 1. The van der Waals surface area contributed by atoms with Gasteiger partial charge in [-0.1, -0.05) is 30.3 Å². The van der Waals surface area contributed by atoms with Gasteiger partial charge in [-0.15, -0.1) is 0 Å². The fourth-order valence-corrected chi connectivity index (χ4v) is 4.90. The topological polar surface area (TPSA) is 166 Å². The lowest BCUT2D eigenvalue weighted by Crippen LogP contribution is -2.42. The molecule has 1 aromatic heterocycles. The lowest BCUT2D eigenvalue weighted by Gasteiger charge is -2.32. The van der Waals surface area contributed by atoms with Crippen molar-refractivity contribution in [2.24, 2.45) is 11.5 Å². The largest absolute Gasteiger partial charge is 0.445 e. The number of hydrogen-bond acceptors (Lipinski definition) is 8. The number of nitrogens with one attached hydrogen (secondary N) is 2. The zero-order chi connectivity index (χ0) is 27.0. The van der Waals surface area contributed by atoms with Crippen LogP contribution in [0.15, 0.2) is 48.7 Å². The third kappa shape index (κ3) is 4.70. The Labute approximate surface area is 219 Å². The molecule has 0 bridgehead atoms. The second-order valence-electron chi connectivity index (χ2n) is 9.96. The Balaban J connectivity index is 1.54. The molecule has 11 heteroatoms. The molecule has 196 valence electrons. The summed E-state index contributed by atoms with van der Waals surface area (Å²) in [6.07, 6.45) is 1.61. The third-order valence-electron chi connectivity index (χ3n) is 6.95.